The summed E-state index contributed by atoms with van der Waals surface area (Å²) in [7, 11) is 0. The monoisotopic (exact) mass is 466 g/mol. The molecule has 3 heterocycles. The van der Waals surface area contributed by atoms with Crippen LogP contribution in [0, 0.1) is 6.92 Å². The summed E-state index contributed by atoms with van der Waals surface area (Å²) in [4.78, 5) is 21.8. The Morgan fingerprint density at radius 2 is 1.83 bits per heavy atom. The van der Waals surface area contributed by atoms with Gasteiger partial charge in [0.05, 0.1) is 23.8 Å². The standard InChI is InChI=1S/C26H26N8O/c1-3-4-9-22-29-26(35)23-16(2)21(27)14-28-25(23)34(22)15-17-10-12-18(13-11-17)19-7-5-6-8-20(19)24-30-32-33-31-24/h5-8,10-14H,3-4,9,15,27H2,1-2H3,(H,30,31,32,33). The molecule has 176 valence electrons. The van der Waals surface area contributed by atoms with E-state index in [4.69, 9.17) is 5.73 Å². The second-order valence-electron chi connectivity index (χ2n) is 8.54. The molecule has 0 aliphatic rings. The van der Waals surface area contributed by atoms with E-state index < -0.39 is 0 Å². The number of hydrogen-bond acceptors (Lipinski definition) is 7. The third-order valence-corrected chi connectivity index (χ3v) is 6.24. The van der Waals surface area contributed by atoms with E-state index in [0.29, 0.717) is 35.5 Å². The van der Waals surface area contributed by atoms with Crippen molar-refractivity contribution in [1.29, 1.82) is 0 Å². The van der Waals surface area contributed by atoms with Gasteiger partial charge in [0.1, 0.15) is 11.5 Å². The number of aromatic nitrogens is 7. The molecular weight excluding hydrogens is 440 g/mol. The van der Waals surface area contributed by atoms with E-state index in [1.165, 1.54) is 0 Å². The van der Waals surface area contributed by atoms with Crippen LogP contribution < -0.4 is 11.3 Å². The molecule has 5 rings (SSSR count). The Morgan fingerprint density at radius 1 is 1.06 bits per heavy atom. The van der Waals surface area contributed by atoms with Crippen LogP contribution in [0.2, 0.25) is 0 Å². The topological polar surface area (TPSA) is 128 Å². The second-order valence-corrected chi connectivity index (χ2v) is 8.54. The van der Waals surface area contributed by atoms with Gasteiger partial charge >= 0.3 is 0 Å². The molecule has 0 radical (unpaired) electrons. The zero-order valence-corrected chi connectivity index (χ0v) is 19.7. The number of benzene rings is 2. The van der Waals surface area contributed by atoms with Crippen molar-refractivity contribution in [2.75, 3.05) is 5.73 Å². The van der Waals surface area contributed by atoms with Crippen LogP contribution in [-0.2, 0) is 13.0 Å². The number of aromatic amines is 1. The van der Waals surface area contributed by atoms with Crippen molar-refractivity contribution in [2.45, 2.75) is 39.7 Å². The number of aryl methyl sites for hydroxylation is 2. The summed E-state index contributed by atoms with van der Waals surface area (Å²) in [6.07, 6.45) is 4.28. The molecule has 3 aromatic heterocycles. The SMILES string of the molecule is CCCCc1nc(=O)c2c(C)c(N)cnc2n1Cc1ccc(-c2ccccc2-c2nn[nH]n2)cc1. The first-order chi connectivity index (χ1) is 17.1. The Labute approximate surface area is 202 Å². The molecule has 0 atom stereocenters. The minimum absolute atomic E-state index is 0.270. The van der Waals surface area contributed by atoms with E-state index >= 15 is 0 Å². The number of hydrogen-bond donors (Lipinski definition) is 2. The first-order valence-electron chi connectivity index (χ1n) is 11.6. The van der Waals surface area contributed by atoms with Gasteiger partial charge in [0.25, 0.3) is 5.56 Å². The number of nitrogens with two attached hydrogens (primary N) is 1. The van der Waals surface area contributed by atoms with Crippen molar-refractivity contribution >= 4 is 16.7 Å². The maximum atomic E-state index is 12.8. The minimum Gasteiger partial charge on any atom is -0.397 e. The van der Waals surface area contributed by atoms with E-state index in [2.05, 4.69) is 61.8 Å². The molecule has 0 saturated heterocycles. The van der Waals surface area contributed by atoms with Crippen LogP contribution in [0.1, 0.15) is 36.7 Å². The van der Waals surface area contributed by atoms with Crippen molar-refractivity contribution in [3.05, 3.63) is 82.0 Å². The molecule has 9 nitrogen and oxygen atoms in total. The molecule has 0 spiro atoms. The normalized spacial score (nSPS) is 11.3. The number of nitrogens with one attached hydrogen (secondary N) is 1. The lowest BCUT2D eigenvalue weighted by Crippen LogP contribution is -2.21. The number of tetrazole rings is 1. The Kier molecular flexibility index (Phi) is 6.05. The molecule has 2 aromatic carbocycles. The molecule has 0 amide bonds. The van der Waals surface area contributed by atoms with E-state index in [1.54, 1.807) is 6.20 Å². The summed E-state index contributed by atoms with van der Waals surface area (Å²) in [5.74, 6) is 1.30. The smallest absolute Gasteiger partial charge is 0.282 e. The molecule has 0 aliphatic carbocycles. The van der Waals surface area contributed by atoms with Crippen molar-refractivity contribution in [3.8, 4) is 22.5 Å². The maximum Gasteiger partial charge on any atom is 0.282 e. The molecule has 0 unspecified atom stereocenters. The fraction of sp³-hybridized carbons (Fsp3) is 0.231. The molecule has 9 heteroatoms. The van der Waals surface area contributed by atoms with Gasteiger partial charge in [-0.3, -0.25) is 4.79 Å². The third-order valence-electron chi connectivity index (χ3n) is 6.24. The van der Waals surface area contributed by atoms with Gasteiger partial charge in [0.15, 0.2) is 0 Å². The molecule has 0 aliphatic heterocycles. The van der Waals surface area contributed by atoms with Crippen molar-refractivity contribution < 1.29 is 0 Å². The Balaban J connectivity index is 1.55. The van der Waals surface area contributed by atoms with E-state index in [0.717, 1.165) is 46.5 Å². The fourth-order valence-electron chi connectivity index (χ4n) is 4.29. The summed E-state index contributed by atoms with van der Waals surface area (Å²) in [6.45, 7) is 4.51. The fourth-order valence-corrected chi connectivity index (χ4v) is 4.29. The largest absolute Gasteiger partial charge is 0.397 e. The predicted molar refractivity (Wildman–Crippen MR) is 136 cm³/mol. The lowest BCUT2D eigenvalue weighted by molar-refractivity contribution is 0.664. The summed E-state index contributed by atoms with van der Waals surface area (Å²) >= 11 is 0. The van der Waals surface area contributed by atoms with E-state index in [-0.39, 0.29) is 5.56 Å². The molecule has 0 bridgehead atoms. The molecule has 35 heavy (non-hydrogen) atoms. The first-order valence-corrected chi connectivity index (χ1v) is 11.6. The summed E-state index contributed by atoms with van der Waals surface area (Å²) in [5, 5.41) is 14.9. The quantitative estimate of drug-likeness (QED) is 0.372. The molecular formula is C26H26N8O. The van der Waals surface area contributed by atoms with Gasteiger partial charge in [0.2, 0.25) is 5.82 Å². The highest BCUT2D eigenvalue weighted by Crippen LogP contribution is 2.30. The molecule has 0 fully saturated rings. The molecule has 5 aromatic rings. The highest BCUT2D eigenvalue weighted by molar-refractivity contribution is 5.83. The molecule has 3 N–H and O–H groups in total. The zero-order chi connectivity index (χ0) is 24.4. The van der Waals surface area contributed by atoms with Crippen LogP contribution in [0.25, 0.3) is 33.5 Å². The van der Waals surface area contributed by atoms with Crippen LogP contribution in [0.4, 0.5) is 5.69 Å². The lowest BCUT2D eigenvalue weighted by Gasteiger charge is -2.17. The van der Waals surface area contributed by atoms with Gasteiger partial charge in [-0.2, -0.15) is 10.2 Å². The Bertz CT molecular complexity index is 1540. The third kappa shape index (κ3) is 4.28. The van der Waals surface area contributed by atoms with Gasteiger partial charge in [-0.25, -0.2) is 4.98 Å². The summed E-state index contributed by atoms with van der Waals surface area (Å²) < 4.78 is 2.04. The maximum absolute atomic E-state index is 12.8. The van der Waals surface area contributed by atoms with Crippen LogP contribution >= 0.6 is 0 Å². The summed E-state index contributed by atoms with van der Waals surface area (Å²) in [5.41, 5.74) is 11.7. The number of H-pyrrole nitrogens is 1. The highest BCUT2D eigenvalue weighted by atomic mass is 16.1. The van der Waals surface area contributed by atoms with Crippen LogP contribution in [-0.4, -0.2) is 35.2 Å². The zero-order valence-electron chi connectivity index (χ0n) is 19.7. The minimum atomic E-state index is -0.270. The number of pyridine rings is 1. The van der Waals surface area contributed by atoms with Crippen LogP contribution in [0.3, 0.4) is 0 Å². The van der Waals surface area contributed by atoms with E-state index in [9.17, 15) is 4.79 Å². The van der Waals surface area contributed by atoms with Crippen molar-refractivity contribution in [3.63, 3.8) is 0 Å². The number of unbranched alkanes of at least 4 members (excludes halogenated alkanes) is 1. The van der Waals surface area contributed by atoms with Gasteiger partial charge in [-0.15, -0.1) is 10.2 Å². The predicted octanol–water partition coefficient (Wildman–Crippen LogP) is 3.92. The average molecular weight is 467 g/mol. The number of nitrogens with zero attached hydrogens (tertiary/aromatic N) is 6. The number of rotatable bonds is 7. The Morgan fingerprint density at radius 3 is 2.54 bits per heavy atom. The van der Waals surface area contributed by atoms with Crippen LogP contribution in [0.5, 0.6) is 0 Å². The first kappa shape index (κ1) is 22.4. The molecule has 0 saturated carbocycles. The van der Waals surface area contributed by atoms with Crippen molar-refractivity contribution in [1.82, 2.24) is 35.2 Å². The van der Waals surface area contributed by atoms with Gasteiger partial charge in [-0.1, -0.05) is 61.9 Å². The van der Waals surface area contributed by atoms with Gasteiger partial charge in [0, 0.05) is 12.0 Å². The van der Waals surface area contributed by atoms with Gasteiger partial charge < -0.3 is 10.3 Å². The van der Waals surface area contributed by atoms with Gasteiger partial charge in [-0.05, 0) is 40.8 Å². The van der Waals surface area contributed by atoms with Crippen molar-refractivity contribution in [2.24, 2.45) is 0 Å². The number of nitrogen functional groups attached to an aromatic ring is 1. The van der Waals surface area contributed by atoms with Crippen LogP contribution in [0.15, 0.2) is 59.5 Å². The second kappa shape index (κ2) is 9.46. The van der Waals surface area contributed by atoms with E-state index in [1.807, 2.05) is 35.8 Å². The summed E-state index contributed by atoms with van der Waals surface area (Å²) in [6, 6.07) is 16.3. The number of fused-ring (bicyclic) bond motifs is 1. The highest BCUT2D eigenvalue weighted by Gasteiger charge is 2.16. The number of anilines is 1. The Hall–Kier alpha value is -4.40. The average Bonchev–Trinajstić information content (AvgIpc) is 3.42. The lowest BCUT2D eigenvalue weighted by atomic mass is 9.98.